The van der Waals surface area contributed by atoms with E-state index in [4.69, 9.17) is 5.21 Å². The molecular formula is C16H15IN2O3S. The van der Waals surface area contributed by atoms with Gasteiger partial charge in [0.2, 0.25) is 5.91 Å². The molecule has 1 aliphatic rings. The molecule has 2 aromatic rings. The van der Waals surface area contributed by atoms with E-state index in [1.807, 2.05) is 29.2 Å². The number of benzene rings is 1. The number of thiophene rings is 1. The summed E-state index contributed by atoms with van der Waals surface area (Å²) >= 11 is 3.57. The largest absolute Gasteiger partial charge is 0.337 e. The van der Waals surface area contributed by atoms with Gasteiger partial charge in [0.15, 0.2) is 0 Å². The topological polar surface area (TPSA) is 69.6 Å². The lowest BCUT2D eigenvalue weighted by atomic mass is 10.1. The van der Waals surface area contributed by atoms with Gasteiger partial charge in [-0.05, 0) is 58.3 Å². The summed E-state index contributed by atoms with van der Waals surface area (Å²) in [6.45, 7) is 1.19. The summed E-state index contributed by atoms with van der Waals surface area (Å²) in [6, 6.07) is 9.74. The third kappa shape index (κ3) is 3.73. The van der Waals surface area contributed by atoms with Gasteiger partial charge >= 0.3 is 0 Å². The summed E-state index contributed by atoms with van der Waals surface area (Å²) < 4.78 is 1.15. The summed E-state index contributed by atoms with van der Waals surface area (Å²) in [5.74, 6) is -0.403. The van der Waals surface area contributed by atoms with Gasteiger partial charge in [-0.25, -0.2) is 5.48 Å². The van der Waals surface area contributed by atoms with Crippen LogP contribution in [0.25, 0.3) is 0 Å². The second-order valence-electron chi connectivity index (χ2n) is 5.37. The molecule has 1 aromatic carbocycles. The molecule has 0 atom stereocenters. The van der Waals surface area contributed by atoms with E-state index in [1.165, 1.54) is 11.3 Å². The normalized spacial score (nSPS) is 13.6. The first kappa shape index (κ1) is 16.4. The monoisotopic (exact) mass is 442 g/mol. The predicted octanol–water partition coefficient (Wildman–Crippen LogP) is 2.60. The van der Waals surface area contributed by atoms with Crippen molar-refractivity contribution in [2.45, 2.75) is 19.4 Å². The SMILES string of the molecule is O=C(NO)c1cc2c(s1)CN(C(=O)Cc1ccc(I)cc1)CC2. The van der Waals surface area contributed by atoms with Crippen LogP contribution in [-0.4, -0.2) is 28.5 Å². The van der Waals surface area contributed by atoms with Crippen molar-refractivity contribution in [1.29, 1.82) is 0 Å². The van der Waals surface area contributed by atoms with E-state index in [-0.39, 0.29) is 5.91 Å². The van der Waals surface area contributed by atoms with Gasteiger partial charge in [0, 0.05) is 15.0 Å². The van der Waals surface area contributed by atoms with E-state index >= 15 is 0 Å². The quantitative estimate of drug-likeness (QED) is 0.436. The molecule has 2 amide bonds. The number of rotatable bonds is 3. The first-order chi connectivity index (χ1) is 11.1. The molecule has 2 heterocycles. The molecule has 0 fully saturated rings. The smallest absolute Gasteiger partial charge is 0.284 e. The molecule has 0 unspecified atom stereocenters. The average Bonchev–Trinajstić information content (AvgIpc) is 2.99. The Bertz CT molecular complexity index is 742. The van der Waals surface area contributed by atoms with E-state index in [1.54, 1.807) is 11.5 Å². The highest BCUT2D eigenvalue weighted by molar-refractivity contribution is 14.1. The Morgan fingerprint density at radius 2 is 2.04 bits per heavy atom. The Morgan fingerprint density at radius 3 is 2.74 bits per heavy atom. The van der Waals surface area contributed by atoms with Crippen molar-refractivity contribution in [1.82, 2.24) is 10.4 Å². The molecule has 0 saturated heterocycles. The summed E-state index contributed by atoms with van der Waals surface area (Å²) in [7, 11) is 0. The zero-order valence-corrected chi connectivity index (χ0v) is 15.2. The van der Waals surface area contributed by atoms with Crippen LogP contribution < -0.4 is 5.48 Å². The number of fused-ring (bicyclic) bond motifs is 1. The Kier molecular flexibility index (Phi) is 4.98. The number of hydroxylamine groups is 1. The number of hydrogen-bond donors (Lipinski definition) is 2. The third-order valence-electron chi connectivity index (χ3n) is 3.83. The van der Waals surface area contributed by atoms with E-state index in [2.05, 4.69) is 22.6 Å². The minimum atomic E-state index is -0.499. The van der Waals surface area contributed by atoms with Gasteiger partial charge in [0.25, 0.3) is 5.91 Å². The van der Waals surface area contributed by atoms with Crippen molar-refractivity contribution in [2.24, 2.45) is 0 Å². The highest BCUT2D eigenvalue weighted by Gasteiger charge is 2.24. The number of hydrogen-bond acceptors (Lipinski definition) is 4. The van der Waals surface area contributed by atoms with Crippen LogP contribution in [0.4, 0.5) is 0 Å². The summed E-state index contributed by atoms with van der Waals surface area (Å²) in [6.07, 6.45) is 1.13. The summed E-state index contributed by atoms with van der Waals surface area (Å²) in [4.78, 5) is 27.3. The lowest BCUT2D eigenvalue weighted by Gasteiger charge is -2.27. The molecule has 3 rings (SSSR count). The third-order valence-corrected chi connectivity index (χ3v) is 5.71. The summed E-state index contributed by atoms with van der Waals surface area (Å²) in [5, 5.41) is 8.72. The van der Waals surface area contributed by atoms with Crippen LogP contribution >= 0.6 is 33.9 Å². The molecule has 23 heavy (non-hydrogen) atoms. The van der Waals surface area contributed by atoms with Gasteiger partial charge in [-0.15, -0.1) is 11.3 Å². The Hall–Kier alpha value is -1.45. The fourth-order valence-electron chi connectivity index (χ4n) is 2.59. The molecule has 0 radical (unpaired) electrons. The Morgan fingerprint density at radius 1 is 1.30 bits per heavy atom. The van der Waals surface area contributed by atoms with Crippen LogP contribution in [0.1, 0.15) is 25.7 Å². The fourth-order valence-corrected chi connectivity index (χ4v) is 4.07. The molecule has 2 N–H and O–H groups in total. The number of halogens is 1. The van der Waals surface area contributed by atoms with Gasteiger partial charge in [0.05, 0.1) is 17.8 Å². The van der Waals surface area contributed by atoms with E-state index in [0.29, 0.717) is 24.4 Å². The second kappa shape index (κ2) is 6.98. The molecule has 0 saturated carbocycles. The van der Waals surface area contributed by atoms with Crippen molar-refractivity contribution in [3.63, 3.8) is 0 Å². The lowest BCUT2D eigenvalue weighted by Crippen LogP contribution is -2.36. The van der Waals surface area contributed by atoms with Gasteiger partial charge < -0.3 is 4.90 Å². The van der Waals surface area contributed by atoms with Crippen molar-refractivity contribution in [2.75, 3.05) is 6.54 Å². The van der Waals surface area contributed by atoms with Crippen molar-refractivity contribution in [3.8, 4) is 0 Å². The number of nitrogens with zero attached hydrogens (tertiary/aromatic N) is 1. The highest BCUT2D eigenvalue weighted by atomic mass is 127. The van der Waals surface area contributed by atoms with Crippen LogP contribution in [0.3, 0.4) is 0 Å². The zero-order valence-electron chi connectivity index (χ0n) is 12.2. The molecule has 5 nitrogen and oxygen atoms in total. The molecule has 1 aliphatic heterocycles. The zero-order chi connectivity index (χ0) is 16.4. The lowest BCUT2D eigenvalue weighted by molar-refractivity contribution is -0.131. The molecule has 0 bridgehead atoms. The molecular weight excluding hydrogens is 427 g/mol. The number of carbonyl (C=O) groups is 2. The molecule has 120 valence electrons. The van der Waals surface area contributed by atoms with Crippen molar-refractivity contribution in [3.05, 3.63) is 54.8 Å². The van der Waals surface area contributed by atoms with Gasteiger partial charge in [-0.1, -0.05) is 12.1 Å². The highest BCUT2D eigenvalue weighted by Crippen LogP contribution is 2.28. The maximum atomic E-state index is 12.5. The number of nitrogens with one attached hydrogen (secondary N) is 1. The first-order valence-corrected chi connectivity index (χ1v) is 9.04. The van der Waals surface area contributed by atoms with Crippen molar-refractivity contribution >= 4 is 45.7 Å². The van der Waals surface area contributed by atoms with Crippen LogP contribution in [-0.2, 0) is 24.2 Å². The average molecular weight is 442 g/mol. The van der Waals surface area contributed by atoms with Gasteiger partial charge in [0.1, 0.15) is 0 Å². The molecule has 7 heteroatoms. The van der Waals surface area contributed by atoms with Crippen LogP contribution in [0, 0.1) is 3.57 Å². The minimum absolute atomic E-state index is 0.0958. The van der Waals surface area contributed by atoms with E-state index < -0.39 is 5.91 Å². The standard InChI is InChI=1S/C16H15IN2O3S/c17-12-3-1-10(2-4-12)7-15(20)19-6-5-11-8-13(16(21)18-22)23-14(11)9-19/h1-4,8,22H,5-7,9H2,(H,18,21). The van der Waals surface area contributed by atoms with Crippen LogP contribution in [0.2, 0.25) is 0 Å². The number of amides is 2. The predicted molar refractivity (Wildman–Crippen MR) is 95.6 cm³/mol. The number of carbonyl (C=O) groups excluding carboxylic acids is 2. The molecule has 1 aromatic heterocycles. The van der Waals surface area contributed by atoms with Crippen LogP contribution in [0.15, 0.2) is 30.3 Å². The van der Waals surface area contributed by atoms with E-state index in [9.17, 15) is 9.59 Å². The maximum Gasteiger partial charge on any atom is 0.284 e. The first-order valence-electron chi connectivity index (χ1n) is 7.15. The summed E-state index contributed by atoms with van der Waals surface area (Å²) in [5.41, 5.74) is 3.75. The Labute approximate surface area is 151 Å². The Balaban J connectivity index is 1.68. The maximum absolute atomic E-state index is 12.5. The molecule has 0 spiro atoms. The van der Waals surface area contributed by atoms with Crippen molar-refractivity contribution < 1.29 is 14.8 Å². The minimum Gasteiger partial charge on any atom is -0.337 e. The van der Waals surface area contributed by atoms with Crippen LogP contribution in [0.5, 0.6) is 0 Å². The van der Waals surface area contributed by atoms with Gasteiger partial charge in [-0.2, -0.15) is 0 Å². The second-order valence-corrected chi connectivity index (χ2v) is 7.75. The van der Waals surface area contributed by atoms with Gasteiger partial charge in [-0.3, -0.25) is 14.8 Å². The van der Waals surface area contributed by atoms with E-state index in [0.717, 1.165) is 26.0 Å². The fraction of sp³-hybridized carbons (Fsp3) is 0.250. The molecule has 0 aliphatic carbocycles.